The molecule has 6 nitrogen and oxygen atoms in total. The second-order valence-electron chi connectivity index (χ2n) is 7.68. The Balaban J connectivity index is 1.60. The molecule has 0 fully saturated rings. The van der Waals surface area contributed by atoms with Crippen LogP contribution in [0.2, 0.25) is 0 Å². The van der Waals surface area contributed by atoms with Crippen molar-refractivity contribution in [3.8, 4) is 5.75 Å². The SMILES string of the molecule is Cc1ccc(C2Nc3ccccc3C(=O)N2NC(=O)C(C)Oc2ccccc2C)cc1. The Morgan fingerprint density at radius 3 is 2.42 bits per heavy atom. The molecule has 0 saturated heterocycles. The average molecular weight is 415 g/mol. The van der Waals surface area contributed by atoms with E-state index in [2.05, 4.69) is 10.7 Å². The number of hydrogen-bond donors (Lipinski definition) is 2. The monoisotopic (exact) mass is 415 g/mol. The highest BCUT2D eigenvalue weighted by Gasteiger charge is 2.35. The van der Waals surface area contributed by atoms with Gasteiger partial charge < -0.3 is 10.1 Å². The zero-order valence-corrected chi connectivity index (χ0v) is 17.8. The van der Waals surface area contributed by atoms with Gasteiger partial charge in [-0.2, -0.15) is 0 Å². The summed E-state index contributed by atoms with van der Waals surface area (Å²) in [7, 11) is 0. The van der Waals surface area contributed by atoms with Gasteiger partial charge in [-0.25, -0.2) is 5.01 Å². The first-order chi connectivity index (χ1) is 14.9. The smallest absolute Gasteiger partial charge is 0.279 e. The third-order valence-electron chi connectivity index (χ3n) is 5.32. The minimum atomic E-state index is -0.787. The van der Waals surface area contributed by atoms with Crippen molar-refractivity contribution in [3.63, 3.8) is 0 Å². The quantitative estimate of drug-likeness (QED) is 0.649. The highest BCUT2D eigenvalue weighted by atomic mass is 16.5. The van der Waals surface area contributed by atoms with Gasteiger partial charge in [0.1, 0.15) is 11.9 Å². The number of hydrogen-bond acceptors (Lipinski definition) is 4. The highest BCUT2D eigenvalue weighted by Crippen LogP contribution is 2.32. The van der Waals surface area contributed by atoms with Crippen LogP contribution < -0.4 is 15.5 Å². The molecule has 2 amide bonds. The van der Waals surface area contributed by atoms with Crippen LogP contribution in [0.3, 0.4) is 0 Å². The van der Waals surface area contributed by atoms with Crippen LogP contribution in [0.25, 0.3) is 0 Å². The molecule has 1 heterocycles. The van der Waals surface area contributed by atoms with Crippen LogP contribution >= 0.6 is 0 Å². The molecule has 158 valence electrons. The van der Waals surface area contributed by atoms with Crippen LogP contribution in [0.15, 0.2) is 72.8 Å². The molecule has 0 radical (unpaired) electrons. The third kappa shape index (κ3) is 4.23. The van der Waals surface area contributed by atoms with Crippen molar-refractivity contribution >= 4 is 17.5 Å². The molecule has 1 aliphatic heterocycles. The second kappa shape index (κ2) is 8.52. The van der Waals surface area contributed by atoms with E-state index in [4.69, 9.17) is 4.74 Å². The molecule has 0 aliphatic carbocycles. The Bertz CT molecular complexity index is 1110. The van der Waals surface area contributed by atoms with Crippen LogP contribution in [0.1, 0.15) is 40.1 Å². The van der Waals surface area contributed by atoms with Gasteiger partial charge >= 0.3 is 0 Å². The van der Waals surface area contributed by atoms with Crippen LogP contribution in [0.5, 0.6) is 5.75 Å². The first-order valence-electron chi connectivity index (χ1n) is 10.2. The van der Waals surface area contributed by atoms with Crippen LogP contribution in [0, 0.1) is 13.8 Å². The highest BCUT2D eigenvalue weighted by molar-refractivity contribution is 6.02. The van der Waals surface area contributed by atoms with E-state index in [0.717, 1.165) is 22.4 Å². The number of carbonyl (C=O) groups is 2. The summed E-state index contributed by atoms with van der Waals surface area (Å²) in [6, 6.07) is 22.6. The van der Waals surface area contributed by atoms with E-state index in [9.17, 15) is 9.59 Å². The molecule has 3 aromatic rings. The Hall–Kier alpha value is -3.80. The van der Waals surface area contributed by atoms with Crippen LogP contribution in [-0.4, -0.2) is 22.9 Å². The number of para-hydroxylation sites is 2. The van der Waals surface area contributed by atoms with Gasteiger partial charge in [0.05, 0.1) is 5.56 Å². The van der Waals surface area contributed by atoms with Crippen molar-refractivity contribution in [2.75, 3.05) is 5.32 Å². The van der Waals surface area contributed by atoms with Gasteiger partial charge in [0.15, 0.2) is 6.10 Å². The molecule has 2 N–H and O–H groups in total. The van der Waals surface area contributed by atoms with Gasteiger partial charge in [-0.15, -0.1) is 0 Å². The lowest BCUT2D eigenvalue weighted by atomic mass is 10.0. The zero-order valence-electron chi connectivity index (χ0n) is 17.8. The molecule has 2 atom stereocenters. The lowest BCUT2D eigenvalue weighted by Crippen LogP contribution is -2.55. The number of amides is 2. The lowest BCUT2D eigenvalue weighted by molar-refractivity contribution is -0.132. The van der Waals surface area contributed by atoms with Gasteiger partial charge in [-0.05, 0) is 50.1 Å². The molecule has 0 saturated carbocycles. The Kier molecular flexibility index (Phi) is 5.62. The first kappa shape index (κ1) is 20.5. The lowest BCUT2D eigenvalue weighted by Gasteiger charge is -2.38. The Labute approximate surface area is 181 Å². The summed E-state index contributed by atoms with van der Waals surface area (Å²) in [5, 5.41) is 4.71. The molecular formula is C25H25N3O3. The number of nitrogens with zero attached hydrogens (tertiary/aromatic N) is 1. The molecule has 0 spiro atoms. The second-order valence-corrected chi connectivity index (χ2v) is 7.68. The summed E-state index contributed by atoms with van der Waals surface area (Å²) < 4.78 is 5.84. The number of benzene rings is 3. The normalized spacial score (nSPS) is 16.2. The summed E-state index contributed by atoms with van der Waals surface area (Å²) in [4.78, 5) is 26.2. The van der Waals surface area contributed by atoms with Crippen molar-refractivity contribution in [2.45, 2.75) is 33.0 Å². The predicted molar refractivity (Wildman–Crippen MR) is 120 cm³/mol. The fraction of sp³-hybridized carbons (Fsp3) is 0.200. The Morgan fingerprint density at radius 2 is 1.68 bits per heavy atom. The van der Waals surface area contributed by atoms with E-state index < -0.39 is 18.2 Å². The fourth-order valence-corrected chi connectivity index (χ4v) is 3.49. The number of carbonyl (C=O) groups excluding carboxylic acids is 2. The predicted octanol–water partition coefficient (Wildman–Crippen LogP) is 4.37. The van der Waals surface area contributed by atoms with E-state index in [1.54, 1.807) is 19.1 Å². The number of hydrazine groups is 1. The molecule has 4 rings (SSSR count). The molecule has 3 aromatic carbocycles. The number of fused-ring (bicyclic) bond motifs is 1. The van der Waals surface area contributed by atoms with E-state index in [1.165, 1.54) is 5.01 Å². The number of ether oxygens (including phenoxy) is 1. The van der Waals surface area contributed by atoms with Gasteiger partial charge in [0.2, 0.25) is 0 Å². The fourth-order valence-electron chi connectivity index (χ4n) is 3.49. The first-order valence-corrected chi connectivity index (χ1v) is 10.2. The van der Waals surface area contributed by atoms with Gasteiger partial charge in [0, 0.05) is 5.69 Å². The largest absolute Gasteiger partial charge is 0.481 e. The molecule has 1 aliphatic rings. The number of rotatable bonds is 5. The number of anilines is 1. The molecule has 2 unspecified atom stereocenters. The summed E-state index contributed by atoms with van der Waals surface area (Å²) in [6.45, 7) is 5.59. The maximum Gasteiger partial charge on any atom is 0.279 e. The molecular weight excluding hydrogens is 390 g/mol. The van der Waals surface area contributed by atoms with Crippen molar-refractivity contribution in [3.05, 3.63) is 95.1 Å². The maximum atomic E-state index is 13.3. The number of aryl methyl sites for hydroxylation is 2. The van der Waals surface area contributed by atoms with Gasteiger partial charge in [0.25, 0.3) is 11.8 Å². The third-order valence-corrected chi connectivity index (χ3v) is 5.32. The summed E-state index contributed by atoms with van der Waals surface area (Å²) in [5.74, 6) is -0.0556. The summed E-state index contributed by atoms with van der Waals surface area (Å²) in [6.07, 6.45) is -1.33. The van der Waals surface area contributed by atoms with E-state index in [0.29, 0.717) is 11.3 Å². The molecule has 6 heteroatoms. The van der Waals surface area contributed by atoms with Gasteiger partial charge in [-0.3, -0.25) is 15.0 Å². The molecule has 31 heavy (non-hydrogen) atoms. The van der Waals surface area contributed by atoms with Gasteiger partial charge in [-0.1, -0.05) is 60.2 Å². The van der Waals surface area contributed by atoms with E-state index >= 15 is 0 Å². The molecule has 0 aromatic heterocycles. The standard InChI is InChI=1S/C25H25N3O3/c1-16-12-14-19(15-13-16)23-26-21-10-6-5-9-20(21)25(30)28(23)27-24(29)18(3)31-22-11-7-4-8-17(22)2/h4-15,18,23,26H,1-3H3,(H,27,29). The minimum absolute atomic E-state index is 0.281. The maximum absolute atomic E-state index is 13.3. The van der Waals surface area contributed by atoms with Crippen molar-refractivity contribution in [2.24, 2.45) is 0 Å². The number of nitrogens with one attached hydrogen (secondary N) is 2. The Morgan fingerprint density at radius 1 is 1.00 bits per heavy atom. The summed E-state index contributed by atoms with van der Waals surface area (Å²) in [5.41, 5.74) is 6.91. The van der Waals surface area contributed by atoms with Crippen LogP contribution in [-0.2, 0) is 4.79 Å². The summed E-state index contributed by atoms with van der Waals surface area (Å²) >= 11 is 0. The van der Waals surface area contributed by atoms with Crippen molar-refractivity contribution in [1.29, 1.82) is 0 Å². The topological polar surface area (TPSA) is 70.7 Å². The van der Waals surface area contributed by atoms with E-state index in [-0.39, 0.29) is 5.91 Å². The van der Waals surface area contributed by atoms with Crippen LogP contribution in [0.4, 0.5) is 5.69 Å². The minimum Gasteiger partial charge on any atom is -0.481 e. The molecule has 0 bridgehead atoms. The van der Waals surface area contributed by atoms with Crippen molar-refractivity contribution in [1.82, 2.24) is 10.4 Å². The van der Waals surface area contributed by atoms with E-state index in [1.807, 2.05) is 74.5 Å². The zero-order chi connectivity index (χ0) is 22.0. The van der Waals surface area contributed by atoms with Crippen molar-refractivity contribution < 1.29 is 14.3 Å². The average Bonchev–Trinajstić information content (AvgIpc) is 2.77.